The molecule has 1 aromatic rings. The average molecular weight is 339 g/mol. The van der Waals surface area contributed by atoms with Gasteiger partial charge in [-0.1, -0.05) is 46.1 Å². The third-order valence-electron chi connectivity index (χ3n) is 5.47. The minimum Gasteiger partial charge on any atom is -0.269 e. The Morgan fingerprint density at radius 2 is 1.52 bits per heavy atom. The summed E-state index contributed by atoms with van der Waals surface area (Å²) < 4.78 is 0. The third kappa shape index (κ3) is 3.17. The predicted octanol–water partition coefficient (Wildman–Crippen LogP) is 4.46. The molecule has 0 saturated carbocycles. The molecule has 0 spiro atoms. The largest absolute Gasteiger partial charge is 0.269 e. The number of fused-ring (bicyclic) bond motifs is 1. The number of hydrogen-bond donors (Lipinski definition) is 0. The van der Waals surface area contributed by atoms with Crippen molar-refractivity contribution < 1.29 is 9.59 Å². The fourth-order valence-electron chi connectivity index (χ4n) is 4.56. The topological polar surface area (TPSA) is 37.4 Å². The van der Waals surface area contributed by atoms with Crippen LogP contribution < -0.4 is 0 Å². The SMILES string of the molecule is CCCc1cc(CCC)c2c(c1CCC)CC[C@@H]2N1C(=O)C=CC1=O. The molecule has 25 heavy (non-hydrogen) atoms. The molecule has 0 aromatic heterocycles. The van der Waals surface area contributed by atoms with Crippen LogP contribution in [0.5, 0.6) is 0 Å². The van der Waals surface area contributed by atoms with Crippen molar-refractivity contribution in [3.05, 3.63) is 46.0 Å². The first kappa shape index (κ1) is 17.9. The molecule has 1 aromatic carbocycles. The summed E-state index contributed by atoms with van der Waals surface area (Å²) in [6.07, 6.45) is 11.3. The van der Waals surface area contributed by atoms with Crippen molar-refractivity contribution in [3.63, 3.8) is 0 Å². The maximum absolute atomic E-state index is 12.2. The van der Waals surface area contributed by atoms with Crippen LogP contribution in [0.4, 0.5) is 0 Å². The van der Waals surface area contributed by atoms with Gasteiger partial charge in [0.1, 0.15) is 0 Å². The molecule has 0 bridgehead atoms. The molecule has 0 radical (unpaired) electrons. The van der Waals surface area contributed by atoms with Gasteiger partial charge in [0.25, 0.3) is 11.8 Å². The van der Waals surface area contributed by atoms with Crippen molar-refractivity contribution in [2.45, 2.75) is 78.2 Å². The first-order valence-electron chi connectivity index (χ1n) is 9.83. The second-order valence-electron chi connectivity index (χ2n) is 7.25. The number of imide groups is 1. The molecule has 3 rings (SSSR count). The summed E-state index contributed by atoms with van der Waals surface area (Å²) in [7, 11) is 0. The number of carbonyl (C=O) groups is 2. The molecule has 0 fully saturated rings. The monoisotopic (exact) mass is 339 g/mol. The minimum atomic E-state index is -0.153. The van der Waals surface area contributed by atoms with E-state index < -0.39 is 0 Å². The van der Waals surface area contributed by atoms with Crippen LogP contribution in [0.1, 0.15) is 80.3 Å². The van der Waals surface area contributed by atoms with E-state index in [4.69, 9.17) is 0 Å². The van der Waals surface area contributed by atoms with Gasteiger partial charge in [-0.15, -0.1) is 0 Å². The van der Waals surface area contributed by atoms with Crippen molar-refractivity contribution in [3.8, 4) is 0 Å². The summed E-state index contributed by atoms with van der Waals surface area (Å²) in [5.74, 6) is -0.306. The average Bonchev–Trinajstić information content (AvgIpc) is 3.15. The number of aryl methyl sites for hydroxylation is 2. The van der Waals surface area contributed by atoms with Crippen LogP contribution in [0.25, 0.3) is 0 Å². The van der Waals surface area contributed by atoms with Gasteiger partial charge in [-0.25, -0.2) is 0 Å². The Labute approximate surface area is 151 Å². The fraction of sp³-hybridized carbons (Fsp3) is 0.545. The van der Waals surface area contributed by atoms with Gasteiger partial charge in [-0.2, -0.15) is 0 Å². The van der Waals surface area contributed by atoms with Crippen molar-refractivity contribution in [1.29, 1.82) is 0 Å². The quantitative estimate of drug-likeness (QED) is 0.688. The molecular weight excluding hydrogens is 310 g/mol. The minimum absolute atomic E-state index is 0.0715. The maximum Gasteiger partial charge on any atom is 0.254 e. The van der Waals surface area contributed by atoms with E-state index in [1.54, 1.807) is 0 Å². The van der Waals surface area contributed by atoms with E-state index in [1.807, 2.05) is 0 Å². The zero-order valence-corrected chi connectivity index (χ0v) is 15.7. The Morgan fingerprint density at radius 1 is 0.920 bits per heavy atom. The highest BCUT2D eigenvalue weighted by Gasteiger charge is 2.38. The summed E-state index contributed by atoms with van der Waals surface area (Å²) in [6.45, 7) is 6.66. The molecular formula is C22H29NO2. The number of hydrogen-bond acceptors (Lipinski definition) is 2. The highest BCUT2D eigenvalue weighted by atomic mass is 16.2. The summed E-state index contributed by atoms with van der Waals surface area (Å²) >= 11 is 0. The van der Waals surface area contributed by atoms with Gasteiger partial charge in [0.15, 0.2) is 0 Å². The molecule has 1 aliphatic heterocycles. The molecule has 0 unspecified atom stereocenters. The Hall–Kier alpha value is -1.90. The van der Waals surface area contributed by atoms with Crippen LogP contribution in [0.3, 0.4) is 0 Å². The maximum atomic E-state index is 12.2. The van der Waals surface area contributed by atoms with Crippen LogP contribution >= 0.6 is 0 Å². The zero-order valence-electron chi connectivity index (χ0n) is 15.7. The molecule has 3 nitrogen and oxygen atoms in total. The Bertz CT molecular complexity index is 699. The Morgan fingerprint density at radius 3 is 2.12 bits per heavy atom. The van der Waals surface area contributed by atoms with Gasteiger partial charge in [0.2, 0.25) is 0 Å². The number of benzene rings is 1. The molecule has 134 valence electrons. The standard InChI is InChI=1S/C22H29NO2/c1-4-7-15-14-16(8-5-2)22-18(17(15)9-6-3)10-11-19(22)23-20(24)12-13-21(23)25/h12-14,19H,4-11H2,1-3H3/t19-/m0/s1. The second-order valence-corrected chi connectivity index (χ2v) is 7.25. The van der Waals surface area contributed by atoms with Crippen LogP contribution in [-0.4, -0.2) is 16.7 Å². The normalized spacial score (nSPS) is 19.2. The molecule has 0 N–H and O–H groups in total. The van der Waals surface area contributed by atoms with Gasteiger partial charge in [-0.3, -0.25) is 14.5 Å². The van der Waals surface area contributed by atoms with E-state index in [0.717, 1.165) is 51.4 Å². The lowest BCUT2D eigenvalue weighted by atomic mass is 9.86. The second kappa shape index (κ2) is 7.55. The van der Waals surface area contributed by atoms with Crippen LogP contribution in [0.2, 0.25) is 0 Å². The van der Waals surface area contributed by atoms with E-state index in [2.05, 4.69) is 26.8 Å². The molecule has 1 atom stereocenters. The summed E-state index contributed by atoms with van der Waals surface area (Å²) in [6, 6.07) is 2.31. The zero-order chi connectivity index (χ0) is 18.0. The van der Waals surface area contributed by atoms with Gasteiger partial charge >= 0.3 is 0 Å². The van der Waals surface area contributed by atoms with Gasteiger partial charge in [0, 0.05) is 12.2 Å². The third-order valence-corrected chi connectivity index (χ3v) is 5.47. The van der Waals surface area contributed by atoms with Gasteiger partial charge in [-0.05, 0) is 59.9 Å². The summed E-state index contributed by atoms with van der Waals surface area (Å²) in [5, 5.41) is 0. The molecule has 2 amide bonds. The number of rotatable bonds is 7. The van der Waals surface area contributed by atoms with Crippen LogP contribution in [0.15, 0.2) is 18.2 Å². The van der Waals surface area contributed by atoms with Gasteiger partial charge in [0.05, 0.1) is 6.04 Å². The number of amides is 2. The molecule has 1 aliphatic carbocycles. The first-order valence-corrected chi connectivity index (χ1v) is 9.83. The summed E-state index contributed by atoms with van der Waals surface area (Å²) in [5.41, 5.74) is 7.07. The van der Waals surface area contributed by atoms with E-state index in [1.165, 1.54) is 44.9 Å². The van der Waals surface area contributed by atoms with Crippen LogP contribution in [0, 0.1) is 0 Å². The van der Waals surface area contributed by atoms with Crippen molar-refractivity contribution in [2.75, 3.05) is 0 Å². The lowest BCUT2D eigenvalue weighted by Crippen LogP contribution is -2.33. The first-order chi connectivity index (χ1) is 12.1. The fourth-order valence-corrected chi connectivity index (χ4v) is 4.56. The molecule has 0 saturated heterocycles. The smallest absolute Gasteiger partial charge is 0.254 e. The van der Waals surface area contributed by atoms with E-state index in [0.29, 0.717) is 0 Å². The van der Waals surface area contributed by atoms with Gasteiger partial charge < -0.3 is 0 Å². The lowest BCUT2D eigenvalue weighted by Gasteiger charge is -2.26. The van der Waals surface area contributed by atoms with Crippen molar-refractivity contribution >= 4 is 11.8 Å². The summed E-state index contributed by atoms with van der Waals surface area (Å²) in [4.78, 5) is 26.0. The van der Waals surface area contributed by atoms with Crippen molar-refractivity contribution in [1.82, 2.24) is 4.90 Å². The van der Waals surface area contributed by atoms with E-state index in [9.17, 15) is 9.59 Å². The Kier molecular flexibility index (Phi) is 5.41. The lowest BCUT2D eigenvalue weighted by molar-refractivity contribution is -0.139. The Balaban J connectivity index is 2.12. The number of carbonyl (C=O) groups excluding carboxylic acids is 2. The van der Waals surface area contributed by atoms with E-state index >= 15 is 0 Å². The van der Waals surface area contributed by atoms with E-state index in [-0.39, 0.29) is 17.9 Å². The van der Waals surface area contributed by atoms with Crippen LogP contribution in [-0.2, 0) is 35.3 Å². The highest BCUT2D eigenvalue weighted by molar-refractivity contribution is 6.13. The van der Waals surface area contributed by atoms with Crippen molar-refractivity contribution in [2.24, 2.45) is 0 Å². The molecule has 3 heteroatoms. The predicted molar refractivity (Wildman–Crippen MR) is 100 cm³/mol. The highest BCUT2D eigenvalue weighted by Crippen LogP contribution is 2.43. The molecule has 2 aliphatic rings. The number of nitrogens with zero attached hydrogens (tertiary/aromatic N) is 1. The molecule has 1 heterocycles.